The maximum atomic E-state index is 2.53. The highest BCUT2D eigenvalue weighted by Gasteiger charge is 2.34. The van der Waals surface area contributed by atoms with Crippen LogP contribution in [0.4, 0.5) is 0 Å². The minimum Gasteiger partial charge on any atom is -0.0654 e. The number of rotatable bonds is 6. The number of aryl methyl sites for hydroxylation is 1. The van der Waals surface area contributed by atoms with Gasteiger partial charge in [0.15, 0.2) is 0 Å². The third-order valence-electron chi connectivity index (χ3n) is 7.55. The van der Waals surface area contributed by atoms with Gasteiger partial charge in [-0.25, -0.2) is 0 Å². The smallest absolute Gasteiger partial charge is 0.0136 e. The van der Waals surface area contributed by atoms with E-state index in [4.69, 9.17) is 0 Å². The van der Waals surface area contributed by atoms with Crippen molar-refractivity contribution in [2.45, 2.75) is 97.3 Å². The van der Waals surface area contributed by atoms with Crippen LogP contribution in [0.5, 0.6) is 0 Å². The number of unbranched alkanes of at least 4 members (excludes halogenated alkanes) is 1. The maximum Gasteiger partial charge on any atom is -0.0136 e. The minimum absolute atomic E-state index is 0.808. The minimum atomic E-state index is 0.808. The van der Waals surface area contributed by atoms with Gasteiger partial charge in [0.25, 0.3) is 0 Å². The number of hydrogen-bond acceptors (Lipinski definition) is 0. The molecule has 0 saturated heterocycles. The molecular weight excluding hydrogens is 300 g/mol. The zero-order valence-corrected chi connectivity index (χ0v) is 17.0. The molecule has 0 spiro atoms. The fraction of sp³-hybridized carbons (Fsp3) is 0.760. The van der Waals surface area contributed by atoms with Crippen LogP contribution in [0.2, 0.25) is 0 Å². The van der Waals surface area contributed by atoms with E-state index in [-0.39, 0.29) is 0 Å². The maximum absolute atomic E-state index is 2.53. The van der Waals surface area contributed by atoms with Crippen LogP contribution in [0.25, 0.3) is 0 Å². The summed E-state index contributed by atoms with van der Waals surface area (Å²) in [6, 6.07) is 9.54. The lowest BCUT2D eigenvalue weighted by Gasteiger charge is -2.41. The largest absolute Gasteiger partial charge is 0.0654 e. The summed E-state index contributed by atoms with van der Waals surface area (Å²) in [5.41, 5.74) is 3.08. The molecule has 0 radical (unpaired) electrons. The summed E-state index contributed by atoms with van der Waals surface area (Å²) >= 11 is 0. The second kappa shape index (κ2) is 9.24. The third kappa shape index (κ3) is 4.89. The lowest BCUT2D eigenvalue weighted by Crippen LogP contribution is -2.29. The van der Waals surface area contributed by atoms with Crippen LogP contribution in [-0.4, -0.2) is 0 Å². The molecule has 3 atom stereocenters. The molecule has 0 heterocycles. The SMILES string of the molecule is CCCCC1CCC(C2CC[C@@H](c3ccc(CC)cc3)[C@H](C)C2)CC1. The average Bonchev–Trinajstić information content (AvgIpc) is 2.67. The van der Waals surface area contributed by atoms with Gasteiger partial charge < -0.3 is 0 Å². The van der Waals surface area contributed by atoms with Crippen molar-refractivity contribution in [3.63, 3.8) is 0 Å². The summed E-state index contributed by atoms with van der Waals surface area (Å²) in [4.78, 5) is 0. The molecule has 1 aromatic carbocycles. The first-order valence-electron chi connectivity index (χ1n) is 11.3. The third-order valence-corrected chi connectivity index (χ3v) is 7.55. The van der Waals surface area contributed by atoms with E-state index in [0.717, 1.165) is 36.0 Å². The van der Waals surface area contributed by atoms with Gasteiger partial charge in [-0.3, -0.25) is 0 Å². The predicted octanol–water partition coefficient (Wildman–Crippen LogP) is 7.77. The van der Waals surface area contributed by atoms with Gasteiger partial charge in [0.1, 0.15) is 0 Å². The van der Waals surface area contributed by atoms with E-state index in [1.165, 1.54) is 69.8 Å². The second-order valence-electron chi connectivity index (χ2n) is 9.18. The van der Waals surface area contributed by atoms with Crippen molar-refractivity contribution in [1.29, 1.82) is 0 Å². The highest BCUT2D eigenvalue weighted by atomic mass is 14.4. The number of hydrogen-bond donors (Lipinski definition) is 0. The van der Waals surface area contributed by atoms with Gasteiger partial charge in [0.05, 0.1) is 0 Å². The summed E-state index contributed by atoms with van der Waals surface area (Å²) in [5.74, 6) is 4.80. The Hall–Kier alpha value is -0.780. The van der Waals surface area contributed by atoms with Crippen LogP contribution in [0.3, 0.4) is 0 Å². The normalized spacial score (nSPS) is 33.3. The topological polar surface area (TPSA) is 0 Å². The Balaban J connectivity index is 1.50. The van der Waals surface area contributed by atoms with E-state index in [0.29, 0.717) is 0 Å². The lowest BCUT2D eigenvalue weighted by molar-refractivity contribution is 0.130. The van der Waals surface area contributed by atoms with E-state index >= 15 is 0 Å². The van der Waals surface area contributed by atoms with Gasteiger partial charge in [-0.05, 0) is 79.2 Å². The van der Waals surface area contributed by atoms with Crippen LogP contribution < -0.4 is 0 Å². The average molecular weight is 341 g/mol. The molecule has 0 aromatic heterocycles. The quantitative estimate of drug-likeness (QED) is 0.496. The highest BCUT2D eigenvalue weighted by Crippen LogP contribution is 2.46. The second-order valence-corrected chi connectivity index (χ2v) is 9.18. The molecule has 25 heavy (non-hydrogen) atoms. The summed E-state index contributed by atoms with van der Waals surface area (Å²) in [6.45, 7) is 7.11. The molecule has 1 unspecified atom stereocenters. The first-order valence-corrected chi connectivity index (χ1v) is 11.3. The van der Waals surface area contributed by atoms with Crippen molar-refractivity contribution in [2.24, 2.45) is 23.7 Å². The lowest BCUT2D eigenvalue weighted by atomic mass is 9.65. The van der Waals surface area contributed by atoms with Gasteiger partial charge in [-0.2, -0.15) is 0 Å². The van der Waals surface area contributed by atoms with E-state index in [1.807, 2.05) is 0 Å². The Morgan fingerprint density at radius 3 is 2.12 bits per heavy atom. The molecular formula is C25H40. The van der Waals surface area contributed by atoms with Crippen molar-refractivity contribution in [3.05, 3.63) is 35.4 Å². The first-order chi connectivity index (χ1) is 12.2. The molecule has 2 saturated carbocycles. The highest BCUT2D eigenvalue weighted by molar-refractivity contribution is 5.26. The van der Waals surface area contributed by atoms with Gasteiger partial charge >= 0.3 is 0 Å². The van der Waals surface area contributed by atoms with Crippen LogP contribution in [0.15, 0.2) is 24.3 Å². The molecule has 0 amide bonds. The van der Waals surface area contributed by atoms with Gasteiger partial charge in [-0.15, -0.1) is 0 Å². The number of benzene rings is 1. The van der Waals surface area contributed by atoms with E-state index < -0.39 is 0 Å². The molecule has 3 rings (SSSR count). The van der Waals surface area contributed by atoms with Gasteiger partial charge in [0, 0.05) is 0 Å². The summed E-state index contributed by atoms with van der Waals surface area (Å²) in [7, 11) is 0. The fourth-order valence-electron chi connectivity index (χ4n) is 5.80. The Morgan fingerprint density at radius 2 is 1.52 bits per heavy atom. The van der Waals surface area contributed by atoms with Crippen LogP contribution in [0.1, 0.15) is 102 Å². The van der Waals surface area contributed by atoms with E-state index in [9.17, 15) is 0 Å². The molecule has 2 aliphatic carbocycles. The Kier molecular flexibility index (Phi) is 7.02. The van der Waals surface area contributed by atoms with Crippen molar-refractivity contribution in [2.75, 3.05) is 0 Å². The standard InChI is InChI=1S/C25H40/c1-4-6-7-21-10-12-22(13-11-21)24-16-17-25(19(3)18-24)23-14-8-20(5-2)9-15-23/h8-9,14-15,19,21-22,24-25H,4-7,10-13,16-18H2,1-3H3/t19-,21?,22?,24?,25-/m1/s1. The molecule has 0 bridgehead atoms. The monoisotopic (exact) mass is 340 g/mol. The summed E-state index contributed by atoms with van der Waals surface area (Å²) in [5, 5.41) is 0. The first kappa shape index (κ1) is 19.0. The summed E-state index contributed by atoms with van der Waals surface area (Å²) in [6.07, 6.45) is 16.0. The summed E-state index contributed by atoms with van der Waals surface area (Å²) < 4.78 is 0. The Morgan fingerprint density at radius 1 is 0.840 bits per heavy atom. The molecule has 0 heteroatoms. The fourth-order valence-corrected chi connectivity index (χ4v) is 5.80. The molecule has 140 valence electrons. The Labute approximate surface area is 156 Å². The van der Waals surface area contributed by atoms with E-state index in [2.05, 4.69) is 45.0 Å². The molecule has 0 nitrogen and oxygen atoms in total. The van der Waals surface area contributed by atoms with Crippen LogP contribution >= 0.6 is 0 Å². The van der Waals surface area contributed by atoms with E-state index in [1.54, 1.807) is 5.56 Å². The zero-order chi connectivity index (χ0) is 17.6. The molecule has 2 fully saturated rings. The zero-order valence-electron chi connectivity index (χ0n) is 17.0. The molecule has 0 aliphatic heterocycles. The molecule has 2 aliphatic rings. The van der Waals surface area contributed by atoms with Gasteiger partial charge in [0.2, 0.25) is 0 Å². The van der Waals surface area contributed by atoms with Crippen molar-refractivity contribution in [3.8, 4) is 0 Å². The molecule has 1 aromatic rings. The Bertz CT molecular complexity index is 491. The predicted molar refractivity (Wildman–Crippen MR) is 110 cm³/mol. The van der Waals surface area contributed by atoms with Crippen LogP contribution in [0, 0.1) is 23.7 Å². The van der Waals surface area contributed by atoms with Crippen molar-refractivity contribution in [1.82, 2.24) is 0 Å². The van der Waals surface area contributed by atoms with Crippen molar-refractivity contribution < 1.29 is 0 Å². The van der Waals surface area contributed by atoms with Crippen molar-refractivity contribution >= 4 is 0 Å². The van der Waals surface area contributed by atoms with Crippen LogP contribution in [-0.2, 0) is 6.42 Å². The van der Waals surface area contributed by atoms with Gasteiger partial charge in [-0.1, -0.05) is 77.1 Å². The molecule has 0 N–H and O–H groups in total.